The van der Waals surface area contributed by atoms with Crippen LogP contribution in [0, 0.1) is 18.6 Å². The molecule has 1 unspecified atom stereocenters. The fourth-order valence-electron chi connectivity index (χ4n) is 1.78. The summed E-state index contributed by atoms with van der Waals surface area (Å²) in [6.45, 7) is 1.85. The second-order valence-corrected chi connectivity index (χ2v) is 4.88. The molecule has 1 nitrogen and oxygen atoms in total. The molecule has 0 spiro atoms. The number of rotatable bonds is 2. The maximum atomic E-state index is 13.1. The summed E-state index contributed by atoms with van der Waals surface area (Å²) >= 11 is 3.37. The lowest BCUT2D eigenvalue weighted by Crippen LogP contribution is -2.03. The molecule has 2 rings (SSSR count). The van der Waals surface area contributed by atoms with E-state index in [1.165, 1.54) is 6.07 Å². The van der Waals surface area contributed by atoms with Gasteiger partial charge in [0.15, 0.2) is 11.6 Å². The highest BCUT2D eigenvalue weighted by molar-refractivity contribution is 9.10. The number of hydrogen-bond donors (Lipinski definition) is 1. The van der Waals surface area contributed by atoms with E-state index in [1.807, 2.05) is 13.0 Å². The Bertz CT molecular complexity index is 584. The molecule has 94 valence electrons. The van der Waals surface area contributed by atoms with Gasteiger partial charge in [-0.25, -0.2) is 8.78 Å². The quantitative estimate of drug-likeness (QED) is 0.884. The Morgan fingerprint density at radius 3 is 2.50 bits per heavy atom. The Morgan fingerprint density at radius 1 is 1.11 bits per heavy atom. The average Bonchev–Trinajstić information content (AvgIpc) is 2.35. The molecule has 0 amide bonds. The molecule has 2 aromatic rings. The molecule has 0 fully saturated rings. The molecule has 1 atom stereocenters. The molecule has 0 heterocycles. The first-order valence-electron chi connectivity index (χ1n) is 5.38. The summed E-state index contributed by atoms with van der Waals surface area (Å²) in [6, 6.07) is 8.81. The van der Waals surface area contributed by atoms with Gasteiger partial charge in [0.25, 0.3) is 0 Å². The van der Waals surface area contributed by atoms with Crippen LogP contribution in [0.15, 0.2) is 40.9 Å². The Kier molecular flexibility index (Phi) is 3.78. The maximum absolute atomic E-state index is 13.1. The van der Waals surface area contributed by atoms with Crippen LogP contribution in [0.4, 0.5) is 8.78 Å². The van der Waals surface area contributed by atoms with Crippen molar-refractivity contribution in [1.82, 2.24) is 0 Å². The first-order valence-corrected chi connectivity index (χ1v) is 6.18. The number of aliphatic hydroxyl groups is 1. The van der Waals surface area contributed by atoms with Crippen LogP contribution >= 0.6 is 15.9 Å². The molecule has 1 N–H and O–H groups in total. The molecule has 0 radical (unpaired) electrons. The number of benzene rings is 2. The van der Waals surface area contributed by atoms with Gasteiger partial charge in [-0.3, -0.25) is 0 Å². The van der Waals surface area contributed by atoms with Crippen LogP contribution in [0.3, 0.4) is 0 Å². The van der Waals surface area contributed by atoms with Gasteiger partial charge in [0.1, 0.15) is 6.10 Å². The molecule has 0 bridgehead atoms. The third-order valence-electron chi connectivity index (χ3n) is 2.86. The van der Waals surface area contributed by atoms with Gasteiger partial charge in [0.05, 0.1) is 0 Å². The third-order valence-corrected chi connectivity index (χ3v) is 3.72. The summed E-state index contributed by atoms with van der Waals surface area (Å²) in [5.41, 5.74) is 1.86. The van der Waals surface area contributed by atoms with Crippen LogP contribution in [0.5, 0.6) is 0 Å². The monoisotopic (exact) mass is 312 g/mol. The number of halogens is 3. The van der Waals surface area contributed by atoms with Crippen LogP contribution in [-0.2, 0) is 0 Å². The van der Waals surface area contributed by atoms with E-state index in [-0.39, 0.29) is 0 Å². The van der Waals surface area contributed by atoms with Gasteiger partial charge in [-0.2, -0.15) is 0 Å². The van der Waals surface area contributed by atoms with Crippen molar-refractivity contribution in [3.8, 4) is 0 Å². The molecular formula is C14H11BrF2O. The van der Waals surface area contributed by atoms with Crippen LogP contribution in [-0.4, -0.2) is 5.11 Å². The van der Waals surface area contributed by atoms with Crippen molar-refractivity contribution in [1.29, 1.82) is 0 Å². The molecule has 0 aliphatic heterocycles. The van der Waals surface area contributed by atoms with Gasteiger partial charge in [0.2, 0.25) is 0 Å². The summed E-state index contributed by atoms with van der Waals surface area (Å²) in [4.78, 5) is 0. The zero-order valence-electron chi connectivity index (χ0n) is 9.62. The highest BCUT2D eigenvalue weighted by atomic mass is 79.9. The first-order chi connectivity index (χ1) is 8.50. The Morgan fingerprint density at radius 2 is 1.83 bits per heavy atom. The van der Waals surface area contributed by atoms with Gasteiger partial charge >= 0.3 is 0 Å². The van der Waals surface area contributed by atoms with Crippen molar-refractivity contribution in [2.75, 3.05) is 0 Å². The minimum atomic E-state index is -0.974. The molecule has 0 aromatic heterocycles. The first kappa shape index (κ1) is 13.2. The van der Waals surface area contributed by atoms with E-state index >= 15 is 0 Å². The number of hydrogen-bond acceptors (Lipinski definition) is 1. The van der Waals surface area contributed by atoms with Crippen molar-refractivity contribution < 1.29 is 13.9 Å². The minimum Gasteiger partial charge on any atom is -0.384 e. The van der Waals surface area contributed by atoms with E-state index < -0.39 is 17.7 Å². The molecule has 4 heteroatoms. The van der Waals surface area contributed by atoms with E-state index in [1.54, 1.807) is 12.1 Å². The Balaban J connectivity index is 2.44. The average molecular weight is 313 g/mol. The van der Waals surface area contributed by atoms with E-state index in [2.05, 4.69) is 15.9 Å². The van der Waals surface area contributed by atoms with Gasteiger partial charge in [-0.15, -0.1) is 0 Å². The lowest BCUT2D eigenvalue weighted by atomic mass is 9.97. The Labute approximate surface area is 112 Å². The summed E-state index contributed by atoms with van der Waals surface area (Å²) < 4.78 is 26.8. The predicted molar refractivity (Wildman–Crippen MR) is 69.3 cm³/mol. The second kappa shape index (κ2) is 5.16. The third kappa shape index (κ3) is 2.44. The lowest BCUT2D eigenvalue weighted by Gasteiger charge is -2.15. The topological polar surface area (TPSA) is 20.2 Å². The Hall–Kier alpha value is -1.26. The van der Waals surface area contributed by atoms with E-state index in [4.69, 9.17) is 0 Å². The summed E-state index contributed by atoms with van der Waals surface area (Å²) in [6.07, 6.45) is -0.974. The van der Waals surface area contributed by atoms with Gasteiger partial charge in [-0.1, -0.05) is 34.1 Å². The van der Waals surface area contributed by atoms with Gasteiger partial charge < -0.3 is 5.11 Å². The minimum absolute atomic E-state index is 0.329. The van der Waals surface area contributed by atoms with Crippen molar-refractivity contribution in [2.45, 2.75) is 13.0 Å². The molecule has 0 saturated carbocycles. The largest absolute Gasteiger partial charge is 0.384 e. The van der Waals surface area contributed by atoms with Crippen molar-refractivity contribution in [2.24, 2.45) is 0 Å². The maximum Gasteiger partial charge on any atom is 0.159 e. The zero-order valence-corrected chi connectivity index (χ0v) is 11.2. The second-order valence-electron chi connectivity index (χ2n) is 4.03. The van der Waals surface area contributed by atoms with Crippen LogP contribution in [0.2, 0.25) is 0 Å². The molecule has 2 aromatic carbocycles. The van der Waals surface area contributed by atoms with Crippen LogP contribution in [0.1, 0.15) is 22.8 Å². The summed E-state index contributed by atoms with van der Waals surface area (Å²) in [5.74, 6) is -1.88. The van der Waals surface area contributed by atoms with Crippen LogP contribution < -0.4 is 0 Å². The van der Waals surface area contributed by atoms with Gasteiger partial charge in [0, 0.05) is 4.47 Å². The normalized spacial score (nSPS) is 12.5. The standard InChI is InChI=1S/C14H11BrF2O/c1-8-10(3-2-4-11(8)15)14(18)9-5-6-12(16)13(17)7-9/h2-7,14,18H,1H3. The van der Waals surface area contributed by atoms with Crippen molar-refractivity contribution in [3.63, 3.8) is 0 Å². The smallest absolute Gasteiger partial charge is 0.159 e. The fraction of sp³-hybridized carbons (Fsp3) is 0.143. The SMILES string of the molecule is Cc1c(Br)cccc1C(O)c1ccc(F)c(F)c1. The van der Waals surface area contributed by atoms with Crippen molar-refractivity contribution >= 4 is 15.9 Å². The number of aliphatic hydroxyl groups excluding tert-OH is 1. The predicted octanol–water partition coefficient (Wildman–Crippen LogP) is 4.12. The van der Waals surface area contributed by atoms with Gasteiger partial charge in [-0.05, 0) is 41.8 Å². The summed E-state index contributed by atoms with van der Waals surface area (Å²) in [7, 11) is 0. The van der Waals surface area contributed by atoms with E-state index in [0.29, 0.717) is 11.1 Å². The zero-order chi connectivity index (χ0) is 13.3. The fourth-order valence-corrected chi connectivity index (χ4v) is 2.16. The highest BCUT2D eigenvalue weighted by Gasteiger charge is 2.15. The molecule has 0 saturated heterocycles. The lowest BCUT2D eigenvalue weighted by molar-refractivity contribution is 0.218. The molecule has 18 heavy (non-hydrogen) atoms. The molecule has 0 aliphatic carbocycles. The molecule has 0 aliphatic rings. The van der Waals surface area contributed by atoms with E-state index in [9.17, 15) is 13.9 Å². The molecular weight excluding hydrogens is 302 g/mol. The summed E-state index contributed by atoms with van der Waals surface area (Å²) in [5, 5.41) is 10.2. The van der Waals surface area contributed by atoms with Crippen LogP contribution in [0.25, 0.3) is 0 Å². The van der Waals surface area contributed by atoms with Crippen molar-refractivity contribution in [3.05, 3.63) is 69.2 Å². The highest BCUT2D eigenvalue weighted by Crippen LogP contribution is 2.29. The van der Waals surface area contributed by atoms with E-state index in [0.717, 1.165) is 22.2 Å².